The van der Waals surface area contributed by atoms with E-state index >= 15 is 0 Å². The lowest BCUT2D eigenvalue weighted by Crippen LogP contribution is -2.23. The topological polar surface area (TPSA) is 52.1 Å². The Hall–Kier alpha value is -2.01. The average Bonchev–Trinajstić information content (AvgIpc) is 3.12. The van der Waals surface area contributed by atoms with Crippen LogP contribution < -0.4 is 0 Å². The standard InChI is InChI=1S/C19H22N2O2S/c1-19(2,3)23-18(22)9-8-17-21-12-14(24-17)11-13-6-7-16-15(13)5-4-10-20-16/h4-6,10,12H,7-9,11H2,1-3H3. The van der Waals surface area contributed by atoms with E-state index < -0.39 is 5.60 Å². The van der Waals surface area contributed by atoms with E-state index in [1.165, 1.54) is 16.0 Å². The number of carbonyl (C=O) groups excluding carboxylic acids is 1. The SMILES string of the molecule is CC(C)(C)OC(=O)CCc1ncc(CC2=CCc3ncccc32)s1. The van der Waals surface area contributed by atoms with Crippen LogP contribution in [-0.2, 0) is 28.8 Å². The van der Waals surface area contributed by atoms with Crippen LogP contribution in [0.3, 0.4) is 0 Å². The van der Waals surface area contributed by atoms with Gasteiger partial charge in [-0.15, -0.1) is 11.3 Å². The Morgan fingerprint density at radius 2 is 2.17 bits per heavy atom. The second kappa shape index (κ2) is 6.85. The number of hydrogen-bond acceptors (Lipinski definition) is 5. The number of carbonyl (C=O) groups is 1. The molecule has 1 aliphatic carbocycles. The van der Waals surface area contributed by atoms with Gasteiger partial charge in [-0.05, 0) is 38.0 Å². The first-order valence-electron chi connectivity index (χ1n) is 8.19. The lowest BCUT2D eigenvalue weighted by atomic mass is 10.1. The van der Waals surface area contributed by atoms with Crippen LogP contribution in [0.25, 0.3) is 5.57 Å². The molecule has 3 rings (SSSR count). The molecule has 0 amide bonds. The molecule has 2 aromatic heterocycles. The van der Waals surface area contributed by atoms with Crippen LogP contribution >= 0.6 is 11.3 Å². The van der Waals surface area contributed by atoms with E-state index in [1.807, 2.05) is 39.2 Å². The minimum Gasteiger partial charge on any atom is -0.460 e. The fourth-order valence-corrected chi connectivity index (χ4v) is 3.67. The largest absolute Gasteiger partial charge is 0.460 e. The Labute approximate surface area is 146 Å². The Morgan fingerprint density at radius 3 is 2.96 bits per heavy atom. The molecule has 2 aromatic rings. The Bertz CT molecular complexity index is 772. The van der Waals surface area contributed by atoms with E-state index in [4.69, 9.17) is 4.74 Å². The van der Waals surface area contributed by atoms with Crippen molar-refractivity contribution >= 4 is 22.9 Å². The molecule has 24 heavy (non-hydrogen) atoms. The van der Waals surface area contributed by atoms with Crippen LogP contribution in [0.5, 0.6) is 0 Å². The van der Waals surface area contributed by atoms with Crippen molar-refractivity contribution in [2.45, 2.75) is 52.1 Å². The molecule has 0 saturated heterocycles. The molecule has 5 heteroatoms. The van der Waals surface area contributed by atoms with Gasteiger partial charge in [0, 0.05) is 36.5 Å². The molecule has 4 nitrogen and oxygen atoms in total. The number of thiazole rings is 1. The van der Waals surface area contributed by atoms with E-state index in [9.17, 15) is 4.79 Å². The van der Waals surface area contributed by atoms with Gasteiger partial charge >= 0.3 is 5.97 Å². The lowest BCUT2D eigenvalue weighted by molar-refractivity contribution is -0.154. The summed E-state index contributed by atoms with van der Waals surface area (Å²) in [5.74, 6) is -0.169. The van der Waals surface area contributed by atoms with Crippen LogP contribution in [0.4, 0.5) is 0 Å². The molecule has 0 unspecified atom stereocenters. The smallest absolute Gasteiger partial charge is 0.306 e. The minimum atomic E-state index is -0.429. The highest BCUT2D eigenvalue weighted by atomic mass is 32.1. The van der Waals surface area contributed by atoms with Crippen molar-refractivity contribution in [1.29, 1.82) is 0 Å². The number of esters is 1. The van der Waals surface area contributed by atoms with E-state index in [2.05, 4.69) is 22.1 Å². The summed E-state index contributed by atoms with van der Waals surface area (Å²) < 4.78 is 5.33. The summed E-state index contributed by atoms with van der Waals surface area (Å²) in [4.78, 5) is 21.9. The van der Waals surface area contributed by atoms with Crippen molar-refractivity contribution in [2.24, 2.45) is 0 Å². The van der Waals surface area contributed by atoms with Crippen molar-refractivity contribution < 1.29 is 9.53 Å². The Morgan fingerprint density at radius 1 is 1.33 bits per heavy atom. The van der Waals surface area contributed by atoms with Gasteiger partial charge in [0.1, 0.15) is 5.60 Å². The normalized spacial score (nSPS) is 13.5. The summed E-state index contributed by atoms with van der Waals surface area (Å²) in [6.45, 7) is 5.65. The first kappa shape index (κ1) is 16.8. The van der Waals surface area contributed by atoms with Crippen LogP contribution in [0.1, 0.15) is 48.3 Å². The molecule has 0 bridgehead atoms. The predicted octanol–water partition coefficient (Wildman–Crippen LogP) is 3.99. The van der Waals surface area contributed by atoms with Crippen LogP contribution in [-0.4, -0.2) is 21.5 Å². The molecular formula is C19H22N2O2S. The number of aromatic nitrogens is 2. The first-order chi connectivity index (χ1) is 11.4. The van der Waals surface area contributed by atoms with Crippen LogP contribution in [0.2, 0.25) is 0 Å². The number of pyridine rings is 1. The predicted molar refractivity (Wildman–Crippen MR) is 95.9 cm³/mol. The van der Waals surface area contributed by atoms with E-state index in [0.29, 0.717) is 12.8 Å². The zero-order valence-electron chi connectivity index (χ0n) is 14.3. The van der Waals surface area contributed by atoms with Crippen molar-refractivity contribution in [2.75, 3.05) is 0 Å². The first-order valence-corrected chi connectivity index (χ1v) is 9.01. The molecule has 0 radical (unpaired) electrons. The van der Waals surface area contributed by atoms with Crippen molar-refractivity contribution in [1.82, 2.24) is 9.97 Å². The van der Waals surface area contributed by atoms with Crippen molar-refractivity contribution in [3.8, 4) is 0 Å². The fraction of sp³-hybridized carbons (Fsp3) is 0.421. The third-order valence-electron chi connectivity index (χ3n) is 3.71. The average molecular weight is 342 g/mol. The molecule has 0 saturated carbocycles. The summed E-state index contributed by atoms with van der Waals surface area (Å²) in [7, 11) is 0. The van der Waals surface area contributed by atoms with Gasteiger partial charge in [0.05, 0.1) is 17.1 Å². The van der Waals surface area contributed by atoms with Gasteiger partial charge in [0.25, 0.3) is 0 Å². The second-order valence-corrected chi connectivity index (χ2v) is 8.11. The number of fused-ring (bicyclic) bond motifs is 1. The van der Waals surface area contributed by atoms with Gasteiger partial charge in [-0.1, -0.05) is 12.1 Å². The lowest BCUT2D eigenvalue weighted by Gasteiger charge is -2.19. The summed E-state index contributed by atoms with van der Waals surface area (Å²) in [5.41, 5.74) is 3.30. The number of aryl methyl sites for hydroxylation is 1. The summed E-state index contributed by atoms with van der Waals surface area (Å²) >= 11 is 1.67. The summed E-state index contributed by atoms with van der Waals surface area (Å²) in [5, 5.41) is 0.987. The molecule has 0 aliphatic heterocycles. The number of ether oxygens (including phenoxy) is 1. The molecule has 0 N–H and O–H groups in total. The Kier molecular flexibility index (Phi) is 4.81. The minimum absolute atomic E-state index is 0.169. The quantitative estimate of drug-likeness (QED) is 0.771. The maximum atomic E-state index is 11.8. The third-order valence-corrected chi connectivity index (χ3v) is 4.76. The Balaban J connectivity index is 1.56. The highest BCUT2D eigenvalue weighted by Gasteiger charge is 2.18. The van der Waals surface area contributed by atoms with Gasteiger partial charge in [-0.3, -0.25) is 9.78 Å². The highest BCUT2D eigenvalue weighted by molar-refractivity contribution is 7.11. The van der Waals surface area contributed by atoms with E-state index in [1.54, 1.807) is 11.3 Å². The van der Waals surface area contributed by atoms with Crippen molar-refractivity contribution in [3.05, 3.63) is 51.7 Å². The summed E-state index contributed by atoms with van der Waals surface area (Å²) in [6.07, 6.45) is 8.81. The number of nitrogens with zero attached hydrogens (tertiary/aromatic N) is 2. The van der Waals surface area contributed by atoms with E-state index in [-0.39, 0.29) is 5.97 Å². The fourth-order valence-electron chi connectivity index (χ4n) is 2.72. The molecular weight excluding hydrogens is 320 g/mol. The molecule has 0 atom stereocenters. The number of allylic oxidation sites excluding steroid dienone is 2. The van der Waals surface area contributed by atoms with Gasteiger partial charge in [-0.25, -0.2) is 4.98 Å². The summed E-state index contributed by atoms with van der Waals surface area (Å²) in [6, 6.07) is 4.11. The zero-order chi connectivity index (χ0) is 17.2. The third kappa shape index (κ3) is 4.29. The van der Waals surface area contributed by atoms with Crippen LogP contribution in [0, 0.1) is 0 Å². The number of rotatable bonds is 5. The van der Waals surface area contributed by atoms with Gasteiger partial charge in [0.15, 0.2) is 0 Å². The van der Waals surface area contributed by atoms with Gasteiger partial charge in [0.2, 0.25) is 0 Å². The monoisotopic (exact) mass is 342 g/mol. The van der Waals surface area contributed by atoms with Gasteiger partial charge < -0.3 is 4.74 Å². The maximum absolute atomic E-state index is 11.8. The van der Waals surface area contributed by atoms with Crippen LogP contribution in [0.15, 0.2) is 30.6 Å². The molecule has 0 spiro atoms. The van der Waals surface area contributed by atoms with Gasteiger partial charge in [-0.2, -0.15) is 0 Å². The highest BCUT2D eigenvalue weighted by Crippen LogP contribution is 2.30. The molecule has 126 valence electrons. The zero-order valence-corrected chi connectivity index (χ0v) is 15.2. The second-order valence-electron chi connectivity index (χ2n) is 6.91. The maximum Gasteiger partial charge on any atom is 0.306 e. The molecule has 0 fully saturated rings. The van der Waals surface area contributed by atoms with Crippen molar-refractivity contribution in [3.63, 3.8) is 0 Å². The van der Waals surface area contributed by atoms with E-state index in [0.717, 1.165) is 23.5 Å². The molecule has 1 aliphatic rings. The molecule has 0 aromatic carbocycles. The number of hydrogen-bond donors (Lipinski definition) is 0. The molecule has 2 heterocycles.